The number of fused-ring (bicyclic) bond motifs is 2. The summed E-state index contributed by atoms with van der Waals surface area (Å²) in [5.74, 6) is 0. The maximum atomic E-state index is 4.64. The summed E-state index contributed by atoms with van der Waals surface area (Å²) in [6, 6.07) is 13.3. The van der Waals surface area contributed by atoms with Crippen molar-refractivity contribution >= 4 is 30.0 Å². The highest BCUT2D eigenvalue weighted by Gasteiger charge is 2.07. The highest BCUT2D eigenvalue weighted by Crippen LogP contribution is 2.23. The highest BCUT2D eigenvalue weighted by molar-refractivity contribution is 6.08. The quantitative estimate of drug-likeness (QED) is 0.650. The van der Waals surface area contributed by atoms with Gasteiger partial charge in [0.1, 0.15) is 0 Å². The van der Waals surface area contributed by atoms with E-state index in [1.807, 2.05) is 0 Å². The van der Waals surface area contributed by atoms with Crippen LogP contribution >= 0.6 is 0 Å². The second kappa shape index (κ2) is 6.85. The smallest absolute Gasteiger partial charge is 0.0647 e. The van der Waals surface area contributed by atoms with Crippen molar-refractivity contribution in [2.75, 3.05) is 6.54 Å². The molecule has 1 heteroatoms. The van der Waals surface area contributed by atoms with E-state index in [9.17, 15) is 0 Å². The fourth-order valence-corrected chi connectivity index (χ4v) is 3.81. The third-order valence-corrected chi connectivity index (χ3v) is 5.32. The molecule has 0 aromatic heterocycles. The van der Waals surface area contributed by atoms with Gasteiger partial charge in [-0.1, -0.05) is 78.9 Å². The van der Waals surface area contributed by atoms with Crippen LogP contribution in [0.3, 0.4) is 0 Å². The van der Waals surface area contributed by atoms with Crippen LogP contribution < -0.4 is 0 Å². The fraction of sp³-hybridized carbons (Fsp3) is 0.115. The zero-order valence-electron chi connectivity index (χ0n) is 15.2. The van der Waals surface area contributed by atoms with Crippen molar-refractivity contribution in [2.45, 2.75) is 12.8 Å². The lowest BCUT2D eigenvalue weighted by Gasteiger charge is -2.00. The first kappa shape index (κ1) is 16.0. The average molecular weight is 347 g/mol. The predicted molar refractivity (Wildman–Crippen MR) is 117 cm³/mol. The highest BCUT2D eigenvalue weighted by atomic mass is 14.7. The van der Waals surface area contributed by atoms with Crippen LogP contribution in [0.4, 0.5) is 0 Å². The molecule has 2 aliphatic carbocycles. The van der Waals surface area contributed by atoms with E-state index < -0.39 is 0 Å². The molecule has 0 atom stereocenters. The molecule has 0 saturated heterocycles. The molecule has 0 saturated carbocycles. The molecule has 0 fully saturated rings. The van der Waals surface area contributed by atoms with Crippen molar-refractivity contribution in [3.63, 3.8) is 0 Å². The summed E-state index contributed by atoms with van der Waals surface area (Å²) in [6.45, 7) is 0.761. The Labute approximate surface area is 160 Å². The van der Waals surface area contributed by atoms with Crippen LogP contribution in [-0.4, -0.2) is 12.3 Å². The minimum atomic E-state index is 0.761. The summed E-state index contributed by atoms with van der Waals surface area (Å²) in [4.78, 5) is 4.64. The number of rotatable bonds is 4. The molecule has 5 rings (SSSR count). The van der Waals surface area contributed by atoms with E-state index in [4.69, 9.17) is 0 Å². The fourth-order valence-electron chi connectivity index (χ4n) is 3.81. The zero-order chi connectivity index (χ0) is 18.1. The van der Waals surface area contributed by atoms with Crippen molar-refractivity contribution in [1.82, 2.24) is 0 Å². The number of hydrogen-bond acceptors (Lipinski definition) is 1. The topological polar surface area (TPSA) is 12.4 Å². The first-order valence-electron chi connectivity index (χ1n) is 9.54. The Morgan fingerprint density at radius 2 is 1.33 bits per heavy atom. The van der Waals surface area contributed by atoms with Crippen LogP contribution in [-0.2, 0) is 12.8 Å². The van der Waals surface area contributed by atoms with Crippen LogP contribution in [0.5, 0.6) is 0 Å². The van der Waals surface area contributed by atoms with Crippen molar-refractivity contribution in [3.8, 4) is 0 Å². The minimum absolute atomic E-state index is 0.761. The number of benzene rings is 2. The van der Waals surface area contributed by atoms with Crippen molar-refractivity contribution in [3.05, 3.63) is 106 Å². The van der Waals surface area contributed by atoms with Crippen LogP contribution in [0.15, 0.2) is 77.3 Å². The van der Waals surface area contributed by atoms with Gasteiger partial charge in [-0.25, -0.2) is 0 Å². The maximum absolute atomic E-state index is 4.64. The van der Waals surface area contributed by atoms with E-state index >= 15 is 0 Å². The molecular formula is C26H21N. The van der Waals surface area contributed by atoms with E-state index in [2.05, 4.69) is 96.1 Å². The van der Waals surface area contributed by atoms with Gasteiger partial charge in [-0.15, -0.1) is 0 Å². The first-order chi connectivity index (χ1) is 13.3. The van der Waals surface area contributed by atoms with Gasteiger partial charge >= 0.3 is 0 Å². The van der Waals surface area contributed by atoms with Gasteiger partial charge in [-0.3, -0.25) is 4.99 Å². The van der Waals surface area contributed by atoms with Crippen LogP contribution in [0, 0.1) is 0 Å². The SMILES string of the molecule is C1=Cc2ccc(/C=C/C3=CC(/C=C/c4ccc5c(c4)CC=C5)=NC3)cc2C1. The molecule has 27 heavy (non-hydrogen) atoms. The molecule has 130 valence electrons. The van der Waals surface area contributed by atoms with Crippen LogP contribution in [0.1, 0.15) is 33.4 Å². The Kier molecular flexibility index (Phi) is 4.06. The average Bonchev–Trinajstić information content (AvgIpc) is 3.44. The van der Waals surface area contributed by atoms with Gasteiger partial charge in [-0.2, -0.15) is 0 Å². The summed E-state index contributed by atoms with van der Waals surface area (Å²) < 4.78 is 0. The number of nitrogens with zero attached hydrogens (tertiary/aromatic N) is 1. The largest absolute Gasteiger partial charge is 0.281 e. The van der Waals surface area contributed by atoms with E-state index in [1.165, 1.54) is 39.0 Å². The molecule has 1 heterocycles. The molecule has 0 radical (unpaired) electrons. The first-order valence-corrected chi connectivity index (χ1v) is 9.54. The molecule has 1 aliphatic heterocycles. The summed E-state index contributed by atoms with van der Waals surface area (Å²) in [5.41, 5.74) is 10.3. The molecule has 2 aromatic carbocycles. The maximum Gasteiger partial charge on any atom is 0.0647 e. The van der Waals surface area contributed by atoms with Gasteiger partial charge in [-0.05, 0) is 63.9 Å². The lowest BCUT2D eigenvalue weighted by molar-refractivity contribution is 1.23. The molecule has 0 bridgehead atoms. The molecule has 0 spiro atoms. The molecule has 1 nitrogen and oxygen atoms in total. The second-order valence-electron chi connectivity index (χ2n) is 7.26. The van der Waals surface area contributed by atoms with Crippen molar-refractivity contribution in [2.24, 2.45) is 4.99 Å². The molecule has 0 amide bonds. The Morgan fingerprint density at radius 3 is 2.00 bits per heavy atom. The monoisotopic (exact) mass is 347 g/mol. The van der Waals surface area contributed by atoms with Crippen molar-refractivity contribution < 1.29 is 0 Å². The number of allylic oxidation sites excluding steroid dienone is 4. The van der Waals surface area contributed by atoms with E-state index in [1.54, 1.807) is 0 Å². The predicted octanol–water partition coefficient (Wildman–Crippen LogP) is 5.93. The van der Waals surface area contributed by atoms with Crippen LogP contribution in [0.25, 0.3) is 24.3 Å². The zero-order valence-corrected chi connectivity index (χ0v) is 15.2. The number of hydrogen-bond donors (Lipinski definition) is 0. The summed E-state index contributed by atoms with van der Waals surface area (Å²) in [5, 5.41) is 0. The third kappa shape index (κ3) is 3.41. The molecular weight excluding hydrogens is 326 g/mol. The lowest BCUT2D eigenvalue weighted by Crippen LogP contribution is -1.85. The van der Waals surface area contributed by atoms with E-state index in [0.29, 0.717) is 0 Å². The summed E-state index contributed by atoms with van der Waals surface area (Å²) in [7, 11) is 0. The molecule has 0 unspecified atom stereocenters. The van der Waals surface area contributed by atoms with Crippen LogP contribution in [0.2, 0.25) is 0 Å². The van der Waals surface area contributed by atoms with E-state index in [0.717, 1.165) is 25.1 Å². The van der Waals surface area contributed by atoms with Crippen molar-refractivity contribution in [1.29, 1.82) is 0 Å². The normalized spacial score (nSPS) is 17.0. The minimum Gasteiger partial charge on any atom is -0.281 e. The van der Waals surface area contributed by atoms with Gasteiger partial charge in [0.15, 0.2) is 0 Å². The van der Waals surface area contributed by atoms with Gasteiger partial charge in [0.05, 0.1) is 12.3 Å². The second-order valence-corrected chi connectivity index (χ2v) is 7.26. The molecule has 2 aromatic rings. The molecule has 3 aliphatic rings. The van der Waals surface area contributed by atoms with Gasteiger partial charge in [0.25, 0.3) is 0 Å². The standard InChI is InChI=1S/C26H21N/c1-3-22-12-9-19(15-24(22)5-1)7-8-21-17-26(27-18-21)14-11-20-10-13-23-4-2-6-25(23)16-20/h1-4,7-17H,5-6,18H2/b8-7+,14-11+. The Balaban J connectivity index is 1.25. The van der Waals surface area contributed by atoms with Gasteiger partial charge < -0.3 is 0 Å². The summed E-state index contributed by atoms with van der Waals surface area (Å²) >= 11 is 0. The van der Waals surface area contributed by atoms with Gasteiger partial charge in [0, 0.05) is 0 Å². The lowest BCUT2D eigenvalue weighted by atomic mass is 10.0. The third-order valence-electron chi connectivity index (χ3n) is 5.32. The Morgan fingerprint density at radius 1 is 0.704 bits per heavy atom. The van der Waals surface area contributed by atoms with Gasteiger partial charge in [0.2, 0.25) is 0 Å². The Hall–Kier alpha value is -3.19. The molecule has 0 N–H and O–H groups in total. The number of aliphatic imine (C=N–C) groups is 1. The Bertz CT molecular complexity index is 1090. The van der Waals surface area contributed by atoms with E-state index in [-0.39, 0.29) is 0 Å². The summed E-state index contributed by atoms with van der Waals surface area (Å²) in [6.07, 6.45) is 21.8.